The van der Waals surface area contributed by atoms with Gasteiger partial charge in [-0.25, -0.2) is 4.79 Å². The molecule has 186 valence electrons. The van der Waals surface area contributed by atoms with Crippen LogP contribution in [0.25, 0.3) is 11.1 Å². The van der Waals surface area contributed by atoms with E-state index in [9.17, 15) is 19.5 Å². The first-order valence-corrected chi connectivity index (χ1v) is 12.6. The molecule has 2 aromatic carbocycles. The lowest BCUT2D eigenvalue weighted by molar-refractivity contribution is -0.140. The SMILES string of the molecule is C[C@@H](NC(=O)C(CC(=O)O)NC(=O)OCC1c2ccccc2-c2ccccc21)C1CCCCCC1. The molecule has 0 radical (unpaired) electrons. The summed E-state index contributed by atoms with van der Waals surface area (Å²) in [5.41, 5.74) is 4.40. The quantitative estimate of drug-likeness (QED) is 0.471. The second-order valence-corrected chi connectivity index (χ2v) is 9.67. The molecule has 1 saturated carbocycles. The molecule has 2 aromatic rings. The molecule has 2 atom stereocenters. The number of carboxylic acids is 1. The number of amides is 2. The van der Waals surface area contributed by atoms with Crippen LogP contribution in [0.1, 0.15) is 68.9 Å². The van der Waals surface area contributed by atoms with Crippen molar-refractivity contribution in [2.45, 2.75) is 69.9 Å². The van der Waals surface area contributed by atoms with E-state index >= 15 is 0 Å². The van der Waals surface area contributed by atoms with Gasteiger partial charge in [0, 0.05) is 12.0 Å². The Bertz CT molecular complexity index is 1020. The predicted molar refractivity (Wildman–Crippen MR) is 133 cm³/mol. The molecule has 2 aliphatic rings. The molecule has 1 fully saturated rings. The van der Waals surface area contributed by atoms with E-state index < -0.39 is 30.4 Å². The summed E-state index contributed by atoms with van der Waals surface area (Å²) in [6.45, 7) is 2.05. The summed E-state index contributed by atoms with van der Waals surface area (Å²) in [6.07, 6.45) is 5.49. The van der Waals surface area contributed by atoms with Gasteiger partial charge in [0.2, 0.25) is 5.91 Å². The average Bonchev–Trinajstić information content (AvgIpc) is 2.98. The first-order chi connectivity index (χ1) is 16.9. The summed E-state index contributed by atoms with van der Waals surface area (Å²) in [7, 11) is 0. The van der Waals surface area contributed by atoms with Crippen LogP contribution in [0.15, 0.2) is 48.5 Å². The first-order valence-electron chi connectivity index (χ1n) is 12.6. The van der Waals surface area contributed by atoms with Crippen molar-refractivity contribution < 1.29 is 24.2 Å². The predicted octanol–water partition coefficient (Wildman–Crippen LogP) is 4.84. The molecule has 3 N–H and O–H groups in total. The van der Waals surface area contributed by atoms with Crippen molar-refractivity contribution >= 4 is 18.0 Å². The van der Waals surface area contributed by atoms with Gasteiger partial charge in [-0.05, 0) is 47.9 Å². The van der Waals surface area contributed by atoms with Crippen LogP contribution in [0.2, 0.25) is 0 Å². The van der Waals surface area contributed by atoms with Gasteiger partial charge in [0.1, 0.15) is 12.6 Å². The van der Waals surface area contributed by atoms with E-state index in [-0.39, 0.29) is 18.6 Å². The highest BCUT2D eigenvalue weighted by molar-refractivity contribution is 5.89. The monoisotopic (exact) mass is 478 g/mol. The molecule has 0 aromatic heterocycles. The van der Waals surface area contributed by atoms with Gasteiger partial charge in [-0.1, -0.05) is 74.2 Å². The molecule has 2 aliphatic carbocycles. The lowest BCUT2D eigenvalue weighted by Crippen LogP contribution is -2.51. The lowest BCUT2D eigenvalue weighted by Gasteiger charge is -2.26. The van der Waals surface area contributed by atoms with Crippen LogP contribution >= 0.6 is 0 Å². The Kier molecular flexibility index (Phi) is 8.06. The van der Waals surface area contributed by atoms with Crippen molar-refractivity contribution in [2.24, 2.45) is 5.92 Å². The number of carbonyl (C=O) groups excluding carboxylic acids is 2. The zero-order valence-corrected chi connectivity index (χ0v) is 20.2. The third-order valence-electron chi connectivity index (χ3n) is 7.31. The number of benzene rings is 2. The van der Waals surface area contributed by atoms with Crippen molar-refractivity contribution in [3.05, 3.63) is 59.7 Å². The molecule has 7 heteroatoms. The number of ether oxygens (including phenoxy) is 1. The maximum Gasteiger partial charge on any atom is 0.407 e. The second kappa shape index (κ2) is 11.4. The minimum Gasteiger partial charge on any atom is -0.481 e. The number of carboxylic acid groups (broad SMARTS) is 1. The maximum absolute atomic E-state index is 12.9. The molecule has 1 unspecified atom stereocenters. The second-order valence-electron chi connectivity index (χ2n) is 9.67. The fourth-order valence-corrected chi connectivity index (χ4v) is 5.42. The standard InChI is InChI=1S/C28H34N2O5/c1-18(19-10-4-2-3-5-11-19)29-27(33)25(16-26(31)32)30-28(34)35-17-24-22-14-8-6-12-20(22)21-13-7-9-15-23(21)24/h6-9,12-15,18-19,24-25H,2-5,10-11,16-17H2,1H3,(H,29,33)(H,30,34)(H,31,32)/t18-,25?/m1/s1. The number of alkyl carbamates (subject to hydrolysis) is 1. The fourth-order valence-electron chi connectivity index (χ4n) is 5.42. The van der Waals surface area contributed by atoms with Gasteiger partial charge in [-0.2, -0.15) is 0 Å². The van der Waals surface area contributed by atoms with Crippen molar-refractivity contribution in [1.29, 1.82) is 0 Å². The number of nitrogens with one attached hydrogen (secondary N) is 2. The topological polar surface area (TPSA) is 105 Å². The number of hydrogen-bond acceptors (Lipinski definition) is 4. The maximum atomic E-state index is 12.9. The van der Waals surface area contributed by atoms with Gasteiger partial charge < -0.3 is 20.5 Å². The van der Waals surface area contributed by atoms with Crippen LogP contribution in [0.5, 0.6) is 0 Å². The van der Waals surface area contributed by atoms with Crippen LogP contribution < -0.4 is 10.6 Å². The summed E-state index contributed by atoms with van der Waals surface area (Å²) < 4.78 is 5.52. The minimum absolute atomic E-state index is 0.0822. The molecule has 0 bridgehead atoms. The highest BCUT2D eigenvalue weighted by Crippen LogP contribution is 2.44. The number of aliphatic carboxylic acids is 1. The first kappa shape index (κ1) is 24.8. The number of rotatable bonds is 8. The van der Waals surface area contributed by atoms with Gasteiger partial charge in [0.15, 0.2) is 0 Å². The van der Waals surface area contributed by atoms with E-state index in [1.54, 1.807) is 0 Å². The van der Waals surface area contributed by atoms with Gasteiger partial charge in [0.25, 0.3) is 0 Å². The van der Waals surface area contributed by atoms with Crippen molar-refractivity contribution in [2.75, 3.05) is 6.61 Å². The van der Waals surface area contributed by atoms with Crippen LogP contribution in [0.3, 0.4) is 0 Å². The third-order valence-corrected chi connectivity index (χ3v) is 7.31. The Balaban J connectivity index is 1.37. The summed E-state index contributed by atoms with van der Waals surface area (Å²) >= 11 is 0. The van der Waals surface area contributed by atoms with Crippen molar-refractivity contribution in [1.82, 2.24) is 10.6 Å². The van der Waals surface area contributed by atoms with E-state index in [1.165, 1.54) is 12.8 Å². The number of fused-ring (bicyclic) bond motifs is 3. The Hall–Kier alpha value is -3.35. The van der Waals surface area contributed by atoms with Gasteiger partial charge >= 0.3 is 12.1 Å². The Morgan fingerprint density at radius 2 is 1.49 bits per heavy atom. The summed E-state index contributed by atoms with van der Waals surface area (Å²) in [4.78, 5) is 36.9. The third kappa shape index (κ3) is 6.02. The molecule has 2 amide bonds. The van der Waals surface area contributed by atoms with Crippen LogP contribution in [0, 0.1) is 5.92 Å². The van der Waals surface area contributed by atoms with Crippen LogP contribution in [-0.2, 0) is 14.3 Å². The molecule has 35 heavy (non-hydrogen) atoms. The Morgan fingerprint density at radius 3 is 2.06 bits per heavy atom. The highest BCUT2D eigenvalue weighted by Gasteiger charge is 2.31. The van der Waals surface area contributed by atoms with Gasteiger partial charge in [-0.15, -0.1) is 0 Å². The number of carbonyl (C=O) groups is 3. The van der Waals surface area contributed by atoms with Gasteiger partial charge in [-0.3, -0.25) is 9.59 Å². The van der Waals surface area contributed by atoms with E-state index in [4.69, 9.17) is 4.74 Å². The van der Waals surface area contributed by atoms with E-state index in [0.29, 0.717) is 5.92 Å². The molecule has 7 nitrogen and oxygen atoms in total. The molecule has 0 saturated heterocycles. The summed E-state index contributed by atoms with van der Waals surface area (Å²) in [5, 5.41) is 14.7. The lowest BCUT2D eigenvalue weighted by atomic mass is 9.92. The zero-order valence-electron chi connectivity index (χ0n) is 20.2. The highest BCUT2D eigenvalue weighted by atomic mass is 16.5. The zero-order chi connectivity index (χ0) is 24.8. The van der Waals surface area contributed by atoms with Crippen LogP contribution in [-0.4, -0.2) is 41.8 Å². The minimum atomic E-state index is -1.20. The molecule has 0 aliphatic heterocycles. The van der Waals surface area contributed by atoms with Gasteiger partial charge in [0.05, 0.1) is 6.42 Å². The molecule has 0 heterocycles. The average molecular weight is 479 g/mol. The molecular weight excluding hydrogens is 444 g/mol. The molecule has 4 rings (SSSR count). The van der Waals surface area contributed by atoms with Crippen LogP contribution in [0.4, 0.5) is 4.79 Å². The van der Waals surface area contributed by atoms with E-state index in [1.807, 2.05) is 43.3 Å². The normalized spacial score (nSPS) is 17.4. The fraction of sp³-hybridized carbons (Fsp3) is 0.464. The molecular formula is C28H34N2O5. The Labute approximate surface area is 206 Å². The number of hydrogen-bond donors (Lipinski definition) is 3. The molecule has 0 spiro atoms. The summed E-state index contributed by atoms with van der Waals surface area (Å²) in [5.74, 6) is -1.40. The van der Waals surface area contributed by atoms with E-state index in [2.05, 4.69) is 22.8 Å². The van der Waals surface area contributed by atoms with E-state index in [0.717, 1.165) is 47.9 Å². The smallest absolute Gasteiger partial charge is 0.407 e. The van der Waals surface area contributed by atoms with Crippen molar-refractivity contribution in [3.63, 3.8) is 0 Å². The van der Waals surface area contributed by atoms with Crippen molar-refractivity contribution in [3.8, 4) is 11.1 Å². The Morgan fingerprint density at radius 1 is 0.914 bits per heavy atom. The summed E-state index contributed by atoms with van der Waals surface area (Å²) in [6, 6.07) is 14.8. The largest absolute Gasteiger partial charge is 0.481 e.